The van der Waals surface area contributed by atoms with Gasteiger partial charge in [0.15, 0.2) is 0 Å². The van der Waals surface area contributed by atoms with E-state index in [1.807, 2.05) is 38.1 Å². The predicted molar refractivity (Wildman–Crippen MR) is 87.4 cm³/mol. The van der Waals surface area contributed by atoms with Gasteiger partial charge in [0.1, 0.15) is 5.75 Å². The summed E-state index contributed by atoms with van der Waals surface area (Å²) in [5, 5.41) is 5.73. The first-order valence-corrected chi connectivity index (χ1v) is 8.03. The standard InChI is InChI=1S/C17H26N2O3/c1-13(2)22-16-8-4-3-7-15(16)19-17(20)18-10-5-6-14-9-11-21-12-14/h3-4,7-8,13-14H,5-6,9-12H2,1-2H3,(H2,18,19,20). The van der Waals surface area contributed by atoms with Crippen LogP contribution >= 0.6 is 0 Å². The average molecular weight is 306 g/mol. The lowest BCUT2D eigenvalue weighted by Gasteiger charge is -2.15. The molecule has 122 valence electrons. The highest BCUT2D eigenvalue weighted by Gasteiger charge is 2.15. The lowest BCUT2D eigenvalue weighted by Crippen LogP contribution is -2.30. The molecule has 2 amide bonds. The molecule has 1 aliphatic rings. The van der Waals surface area contributed by atoms with Crippen LogP contribution in [0.25, 0.3) is 0 Å². The number of para-hydroxylation sites is 2. The smallest absolute Gasteiger partial charge is 0.319 e. The van der Waals surface area contributed by atoms with Crippen molar-refractivity contribution in [3.8, 4) is 5.75 Å². The molecule has 1 unspecified atom stereocenters. The molecule has 1 aromatic carbocycles. The zero-order valence-corrected chi connectivity index (χ0v) is 13.4. The summed E-state index contributed by atoms with van der Waals surface area (Å²) in [7, 11) is 0. The van der Waals surface area contributed by atoms with Crippen molar-refractivity contribution >= 4 is 11.7 Å². The van der Waals surface area contributed by atoms with Crippen LogP contribution in [0.2, 0.25) is 0 Å². The Morgan fingerprint density at radius 1 is 1.41 bits per heavy atom. The third-order valence-electron chi connectivity index (χ3n) is 3.60. The summed E-state index contributed by atoms with van der Waals surface area (Å²) >= 11 is 0. The number of anilines is 1. The molecule has 1 heterocycles. The fourth-order valence-corrected chi connectivity index (χ4v) is 2.50. The van der Waals surface area contributed by atoms with Gasteiger partial charge in [0.2, 0.25) is 0 Å². The SMILES string of the molecule is CC(C)Oc1ccccc1NC(=O)NCCCC1CCOC1. The van der Waals surface area contributed by atoms with Gasteiger partial charge < -0.3 is 20.1 Å². The summed E-state index contributed by atoms with van der Waals surface area (Å²) in [6.45, 7) is 6.35. The van der Waals surface area contributed by atoms with Gasteiger partial charge in [-0.25, -0.2) is 4.79 Å². The summed E-state index contributed by atoms with van der Waals surface area (Å²) in [5.74, 6) is 1.35. The van der Waals surface area contributed by atoms with Crippen molar-refractivity contribution in [3.05, 3.63) is 24.3 Å². The first-order chi connectivity index (χ1) is 10.6. The summed E-state index contributed by atoms with van der Waals surface area (Å²) in [6, 6.07) is 7.28. The number of rotatable bonds is 7. The van der Waals surface area contributed by atoms with E-state index >= 15 is 0 Å². The van der Waals surface area contributed by atoms with Crippen molar-refractivity contribution < 1.29 is 14.3 Å². The van der Waals surface area contributed by atoms with Crippen LogP contribution in [0, 0.1) is 5.92 Å². The van der Waals surface area contributed by atoms with Gasteiger partial charge in [0, 0.05) is 19.8 Å². The van der Waals surface area contributed by atoms with E-state index in [1.54, 1.807) is 0 Å². The maximum atomic E-state index is 11.9. The molecule has 22 heavy (non-hydrogen) atoms. The molecular formula is C17H26N2O3. The number of benzene rings is 1. The first kappa shape index (κ1) is 16.6. The average Bonchev–Trinajstić information content (AvgIpc) is 2.98. The normalized spacial score (nSPS) is 17.5. The molecular weight excluding hydrogens is 280 g/mol. The molecule has 2 N–H and O–H groups in total. The molecule has 1 saturated heterocycles. The Bertz CT molecular complexity index is 471. The Kier molecular flexibility index (Phi) is 6.52. The highest BCUT2D eigenvalue weighted by atomic mass is 16.5. The zero-order valence-electron chi connectivity index (χ0n) is 13.4. The van der Waals surface area contributed by atoms with Gasteiger partial charge in [0.25, 0.3) is 0 Å². The molecule has 0 spiro atoms. The highest BCUT2D eigenvalue weighted by Crippen LogP contribution is 2.24. The summed E-state index contributed by atoms with van der Waals surface area (Å²) in [4.78, 5) is 11.9. The molecule has 1 aromatic rings. The number of carbonyl (C=O) groups is 1. The minimum absolute atomic E-state index is 0.0691. The van der Waals surface area contributed by atoms with Crippen LogP contribution in [0.15, 0.2) is 24.3 Å². The Morgan fingerprint density at radius 3 is 2.95 bits per heavy atom. The minimum atomic E-state index is -0.192. The predicted octanol–water partition coefficient (Wildman–Crippen LogP) is 3.41. The first-order valence-electron chi connectivity index (χ1n) is 8.03. The Labute approximate surface area is 132 Å². The minimum Gasteiger partial charge on any atom is -0.489 e. The molecule has 1 fully saturated rings. The molecule has 0 aromatic heterocycles. The Balaban J connectivity index is 1.72. The van der Waals surface area contributed by atoms with Crippen LogP contribution in [-0.2, 0) is 4.74 Å². The molecule has 1 atom stereocenters. The maximum absolute atomic E-state index is 11.9. The van der Waals surface area contributed by atoms with Crippen molar-refractivity contribution in [2.75, 3.05) is 25.1 Å². The van der Waals surface area contributed by atoms with Crippen LogP contribution in [-0.4, -0.2) is 31.9 Å². The lowest BCUT2D eigenvalue weighted by atomic mass is 10.0. The number of amides is 2. The molecule has 2 rings (SSSR count). The van der Waals surface area contributed by atoms with E-state index in [4.69, 9.17) is 9.47 Å². The van der Waals surface area contributed by atoms with Gasteiger partial charge in [-0.2, -0.15) is 0 Å². The second-order valence-corrected chi connectivity index (χ2v) is 5.92. The number of carbonyl (C=O) groups excluding carboxylic acids is 1. The van der Waals surface area contributed by atoms with Crippen LogP contribution in [0.1, 0.15) is 33.1 Å². The fraction of sp³-hybridized carbons (Fsp3) is 0.588. The fourth-order valence-electron chi connectivity index (χ4n) is 2.50. The van der Waals surface area contributed by atoms with E-state index in [0.717, 1.165) is 32.5 Å². The highest BCUT2D eigenvalue weighted by molar-refractivity contribution is 5.90. The molecule has 5 nitrogen and oxygen atoms in total. The van der Waals surface area contributed by atoms with E-state index in [2.05, 4.69) is 10.6 Å². The number of hydrogen-bond acceptors (Lipinski definition) is 3. The third kappa shape index (κ3) is 5.56. The molecule has 5 heteroatoms. The molecule has 0 aliphatic carbocycles. The van der Waals surface area contributed by atoms with E-state index in [9.17, 15) is 4.79 Å². The lowest BCUT2D eigenvalue weighted by molar-refractivity contribution is 0.184. The second-order valence-electron chi connectivity index (χ2n) is 5.92. The van der Waals surface area contributed by atoms with Gasteiger partial charge in [-0.15, -0.1) is 0 Å². The topological polar surface area (TPSA) is 59.6 Å². The number of urea groups is 1. The van der Waals surface area contributed by atoms with Gasteiger partial charge in [-0.3, -0.25) is 0 Å². The number of hydrogen-bond donors (Lipinski definition) is 2. The maximum Gasteiger partial charge on any atom is 0.319 e. The molecule has 0 radical (unpaired) electrons. The van der Waals surface area contributed by atoms with E-state index in [1.165, 1.54) is 0 Å². The number of ether oxygens (including phenoxy) is 2. The van der Waals surface area contributed by atoms with E-state index in [-0.39, 0.29) is 12.1 Å². The second kappa shape index (κ2) is 8.63. The van der Waals surface area contributed by atoms with E-state index < -0.39 is 0 Å². The van der Waals surface area contributed by atoms with Gasteiger partial charge >= 0.3 is 6.03 Å². The summed E-state index contributed by atoms with van der Waals surface area (Å²) < 4.78 is 11.0. The van der Waals surface area contributed by atoms with Gasteiger partial charge in [-0.05, 0) is 51.2 Å². The van der Waals surface area contributed by atoms with Gasteiger partial charge in [0.05, 0.1) is 11.8 Å². The van der Waals surface area contributed by atoms with Crippen molar-refractivity contribution in [2.45, 2.75) is 39.2 Å². The van der Waals surface area contributed by atoms with Crippen LogP contribution in [0.4, 0.5) is 10.5 Å². The van der Waals surface area contributed by atoms with Crippen molar-refractivity contribution in [2.24, 2.45) is 5.92 Å². The molecule has 1 aliphatic heterocycles. The Morgan fingerprint density at radius 2 is 2.23 bits per heavy atom. The van der Waals surface area contributed by atoms with Crippen LogP contribution in [0.5, 0.6) is 5.75 Å². The van der Waals surface area contributed by atoms with Crippen LogP contribution in [0.3, 0.4) is 0 Å². The monoisotopic (exact) mass is 306 g/mol. The van der Waals surface area contributed by atoms with Crippen molar-refractivity contribution in [3.63, 3.8) is 0 Å². The summed E-state index contributed by atoms with van der Waals surface area (Å²) in [5.41, 5.74) is 0.692. The quantitative estimate of drug-likeness (QED) is 0.759. The van der Waals surface area contributed by atoms with Crippen molar-refractivity contribution in [1.82, 2.24) is 5.32 Å². The zero-order chi connectivity index (χ0) is 15.8. The largest absolute Gasteiger partial charge is 0.489 e. The summed E-state index contributed by atoms with van der Waals surface area (Å²) in [6.07, 6.45) is 3.30. The van der Waals surface area contributed by atoms with Gasteiger partial charge in [-0.1, -0.05) is 12.1 Å². The molecule has 0 saturated carbocycles. The Hall–Kier alpha value is -1.75. The molecule has 0 bridgehead atoms. The van der Waals surface area contributed by atoms with Crippen LogP contribution < -0.4 is 15.4 Å². The third-order valence-corrected chi connectivity index (χ3v) is 3.60. The van der Waals surface area contributed by atoms with Crippen molar-refractivity contribution in [1.29, 1.82) is 0 Å². The number of nitrogens with one attached hydrogen (secondary N) is 2. The van der Waals surface area contributed by atoms with E-state index in [0.29, 0.717) is 23.9 Å².